The Morgan fingerprint density at radius 3 is 2.25 bits per heavy atom. The molecule has 1 aromatic rings. The molecular weight excluding hydrogens is 352 g/mol. The molecule has 16 heavy (non-hydrogen) atoms. The molecule has 0 spiro atoms. The summed E-state index contributed by atoms with van der Waals surface area (Å²) in [4.78, 5) is 0. The first kappa shape index (κ1) is 15.6. The minimum atomic E-state index is -1.47. The molecule has 0 saturated carbocycles. The molecule has 2 N–H and O–H groups in total. The molecule has 0 saturated heterocycles. The Bertz CT molecular complexity index is 364. The van der Waals surface area contributed by atoms with E-state index in [0.717, 1.165) is 12.1 Å². The van der Waals surface area contributed by atoms with Gasteiger partial charge in [-0.15, -0.1) is 24.0 Å². The average Bonchev–Trinajstić information content (AvgIpc) is 2.22. The second kappa shape index (κ2) is 7.00. The van der Waals surface area contributed by atoms with Gasteiger partial charge in [-0.05, 0) is 24.0 Å². The van der Waals surface area contributed by atoms with E-state index in [1.165, 1.54) is 11.8 Å². The van der Waals surface area contributed by atoms with E-state index in [1.54, 1.807) is 6.26 Å². The van der Waals surface area contributed by atoms with E-state index in [2.05, 4.69) is 5.32 Å². The summed E-state index contributed by atoms with van der Waals surface area (Å²) in [6.45, 7) is 0.0911. The van der Waals surface area contributed by atoms with Crippen LogP contribution in [-0.4, -0.2) is 11.4 Å². The fourth-order valence-electron chi connectivity index (χ4n) is 0.965. The Morgan fingerprint density at radius 1 is 1.31 bits per heavy atom. The molecule has 0 amide bonds. The summed E-state index contributed by atoms with van der Waals surface area (Å²) in [6.07, 6.45) is 1.70. The Morgan fingerprint density at radius 2 is 1.81 bits per heavy atom. The van der Waals surface area contributed by atoms with E-state index in [-0.39, 0.29) is 41.3 Å². The van der Waals surface area contributed by atoms with Gasteiger partial charge in [0.15, 0.2) is 22.6 Å². The van der Waals surface area contributed by atoms with E-state index in [9.17, 15) is 13.2 Å². The van der Waals surface area contributed by atoms with Crippen LogP contribution >= 0.6 is 35.7 Å². The van der Waals surface area contributed by atoms with Gasteiger partial charge in [0.25, 0.3) is 0 Å². The van der Waals surface area contributed by atoms with Crippen molar-refractivity contribution in [1.29, 1.82) is 5.41 Å². The summed E-state index contributed by atoms with van der Waals surface area (Å²) in [5, 5.41) is 10.0. The van der Waals surface area contributed by atoms with E-state index in [1.807, 2.05) is 0 Å². The number of nitrogens with one attached hydrogen (secondary N) is 2. The lowest BCUT2D eigenvalue weighted by atomic mass is 10.2. The van der Waals surface area contributed by atoms with Gasteiger partial charge in [0.2, 0.25) is 0 Å². The van der Waals surface area contributed by atoms with Crippen LogP contribution in [0.5, 0.6) is 0 Å². The second-order valence-electron chi connectivity index (χ2n) is 2.76. The minimum Gasteiger partial charge on any atom is -0.361 e. The maximum Gasteiger partial charge on any atom is 0.194 e. The molecular formula is C9H10F3IN2S. The van der Waals surface area contributed by atoms with Gasteiger partial charge in [-0.1, -0.05) is 11.8 Å². The highest BCUT2D eigenvalue weighted by Gasteiger charge is 2.10. The van der Waals surface area contributed by atoms with Gasteiger partial charge in [0.1, 0.15) is 0 Å². The van der Waals surface area contributed by atoms with E-state index >= 15 is 0 Å². The largest absolute Gasteiger partial charge is 0.361 e. The predicted octanol–water partition coefficient (Wildman–Crippen LogP) is 3.11. The van der Waals surface area contributed by atoms with E-state index in [4.69, 9.17) is 5.41 Å². The van der Waals surface area contributed by atoms with Gasteiger partial charge in [-0.3, -0.25) is 5.41 Å². The van der Waals surface area contributed by atoms with Gasteiger partial charge in [0, 0.05) is 6.54 Å². The zero-order valence-corrected chi connectivity index (χ0v) is 11.5. The number of hydrogen-bond acceptors (Lipinski definition) is 2. The summed E-state index contributed by atoms with van der Waals surface area (Å²) in [5.74, 6) is -3.91. The minimum absolute atomic E-state index is 0. The lowest BCUT2D eigenvalue weighted by molar-refractivity contribution is 0.445. The lowest BCUT2D eigenvalue weighted by Crippen LogP contribution is -2.18. The van der Waals surface area contributed by atoms with Crippen LogP contribution in [0.15, 0.2) is 12.1 Å². The van der Waals surface area contributed by atoms with Crippen molar-refractivity contribution in [2.24, 2.45) is 0 Å². The third-order valence-corrected chi connectivity index (χ3v) is 2.25. The molecule has 0 bridgehead atoms. The number of amidine groups is 1. The number of halogens is 4. The molecule has 0 fully saturated rings. The topological polar surface area (TPSA) is 35.9 Å². The molecule has 2 nitrogen and oxygen atoms in total. The van der Waals surface area contributed by atoms with Crippen molar-refractivity contribution in [3.8, 4) is 0 Å². The molecule has 0 atom stereocenters. The van der Waals surface area contributed by atoms with Crippen LogP contribution in [0, 0.1) is 22.9 Å². The maximum absolute atomic E-state index is 12.7. The quantitative estimate of drug-likeness (QED) is 0.367. The first-order valence-corrected chi connectivity index (χ1v) is 5.27. The summed E-state index contributed by atoms with van der Waals surface area (Å²) in [7, 11) is 0. The predicted molar refractivity (Wildman–Crippen MR) is 69.8 cm³/mol. The van der Waals surface area contributed by atoms with Gasteiger partial charge in [-0.2, -0.15) is 0 Å². The van der Waals surface area contributed by atoms with Crippen molar-refractivity contribution >= 4 is 40.9 Å². The molecule has 0 aromatic heterocycles. The molecule has 0 heterocycles. The van der Waals surface area contributed by atoms with Crippen molar-refractivity contribution in [3.63, 3.8) is 0 Å². The smallest absolute Gasteiger partial charge is 0.194 e. The maximum atomic E-state index is 12.7. The van der Waals surface area contributed by atoms with Gasteiger partial charge >= 0.3 is 0 Å². The summed E-state index contributed by atoms with van der Waals surface area (Å²) >= 11 is 1.17. The van der Waals surface area contributed by atoms with E-state index < -0.39 is 17.5 Å². The average molecular weight is 362 g/mol. The van der Waals surface area contributed by atoms with Crippen LogP contribution < -0.4 is 5.32 Å². The Hall–Kier alpha value is -0.440. The zero-order chi connectivity index (χ0) is 11.4. The molecule has 0 radical (unpaired) electrons. The fourth-order valence-corrected chi connectivity index (χ4v) is 1.18. The van der Waals surface area contributed by atoms with Crippen molar-refractivity contribution in [1.82, 2.24) is 5.32 Å². The molecule has 0 unspecified atom stereocenters. The first-order valence-electron chi connectivity index (χ1n) is 4.04. The highest BCUT2D eigenvalue weighted by Crippen LogP contribution is 2.13. The van der Waals surface area contributed by atoms with Gasteiger partial charge < -0.3 is 5.32 Å². The molecule has 0 aliphatic rings. The molecule has 90 valence electrons. The standard InChI is InChI=1S/C9H9F3N2S.HI/c1-15-9(13)14-4-5-2-6(10)8(12)7(11)3-5;/h2-3H,4H2,1H3,(H2,13,14);1H. The third kappa shape index (κ3) is 4.20. The highest BCUT2D eigenvalue weighted by atomic mass is 127. The zero-order valence-electron chi connectivity index (χ0n) is 8.31. The Balaban J connectivity index is 0.00000225. The van der Waals surface area contributed by atoms with Crippen LogP contribution in [0.4, 0.5) is 13.2 Å². The summed E-state index contributed by atoms with van der Waals surface area (Å²) < 4.78 is 38.0. The molecule has 1 aromatic carbocycles. The van der Waals surface area contributed by atoms with Gasteiger partial charge in [0.05, 0.1) is 0 Å². The monoisotopic (exact) mass is 362 g/mol. The van der Waals surface area contributed by atoms with E-state index in [0.29, 0.717) is 0 Å². The van der Waals surface area contributed by atoms with Crippen molar-refractivity contribution in [2.75, 3.05) is 6.26 Å². The first-order chi connectivity index (χ1) is 7.04. The SMILES string of the molecule is CSC(=N)NCc1cc(F)c(F)c(F)c1.I. The number of thioether (sulfide) groups is 1. The van der Waals surface area contributed by atoms with Crippen LogP contribution in [-0.2, 0) is 6.54 Å². The molecule has 7 heteroatoms. The normalized spacial score (nSPS) is 9.50. The van der Waals surface area contributed by atoms with Crippen LogP contribution in [0.2, 0.25) is 0 Å². The fraction of sp³-hybridized carbons (Fsp3) is 0.222. The summed E-state index contributed by atoms with van der Waals surface area (Å²) in [5.41, 5.74) is 0.255. The number of hydrogen-bond donors (Lipinski definition) is 2. The van der Waals surface area contributed by atoms with Crippen LogP contribution in [0.1, 0.15) is 5.56 Å². The molecule has 0 aliphatic carbocycles. The molecule has 1 rings (SSSR count). The van der Waals surface area contributed by atoms with Gasteiger partial charge in [-0.25, -0.2) is 13.2 Å². The van der Waals surface area contributed by atoms with Crippen LogP contribution in [0.3, 0.4) is 0 Å². The van der Waals surface area contributed by atoms with Crippen molar-refractivity contribution in [2.45, 2.75) is 6.54 Å². The Kier molecular flexibility index (Phi) is 6.81. The Labute approximate surface area is 113 Å². The number of benzene rings is 1. The molecule has 0 aliphatic heterocycles. The highest BCUT2D eigenvalue weighted by molar-refractivity contribution is 14.0. The number of rotatable bonds is 2. The second-order valence-corrected chi connectivity index (χ2v) is 3.58. The van der Waals surface area contributed by atoms with Crippen LogP contribution in [0.25, 0.3) is 0 Å². The summed E-state index contributed by atoms with van der Waals surface area (Å²) in [6, 6.07) is 1.80. The van der Waals surface area contributed by atoms with Crippen molar-refractivity contribution in [3.05, 3.63) is 35.1 Å². The third-order valence-electron chi connectivity index (χ3n) is 1.70. The van der Waals surface area contributed by atoms with Crippen molar-refractivity contribution < 1.29 is 13.2 Å². The lowest BCUT2D eigenvalue weighted by Gasteiger charge is -2.06.